The van der Waals surface area contributed by atoms with Gasteiger partial charge in [-0.15, -0.1) is 23.1 Å². The second-order valence-corrected chi connectivity index (χ2v) is 7.35. The summed E-state index contributed by atoms with van der Waals surface area (Å²) in [4.78, 5) is 15.1. The zero-order valence-electron chi connectivity index (χ0n) is 12.5. The van der Waals surface area contributed by atoms with Crippen LogP contribution in [-0.2, 0) is 0 Å². The highest BCUT2D eigenvalue weighted by Gasteiger charge is 2.22. The van der Waals surface area contributed by atoms with E-state index in [2.05, 4.69) is 11.0 Å². The maximum atomic E-state index is 12.5. The molecule has 2 rings (SSSR count). The molecule has 0 aliphatic heterocycles. The van der Waals surface area contributed by atoms with Crippen LogP contribution in [-0.4, -0.2) is 37.1 Å². The van der Waals surface area contributed by atoms with Gasteiger partial charge in [-0.25, -0.2) is 0 Å². The van der Waals surface area contributed by atoms with Crippen LogP contribution in [0.15, 0.2) is 34.5 Å². The minimum atomic E-state index is -0.126. The smallest absolute Gasteiger partial charge is 0.205 e. The fraction of sp³-hybridized carbons (Fsp3) is 0.250. The molecule has 1 heterocycles. The highest BCUT2D eigenvalue weighted by atomic mass is 32.2. The van der Waals surface area contributed by atoms with Crippen LogP contribution in [0.4, 0.5) is 5.69 Å². The lowest BCUT2D eigenvalue weighted by molar-refractivity contribution is 0.104. The first kappa shape index (κ1) is 16.6. The molecule has 114 valence electrons. The van der Waals surface area contributed by atoms with Gasteiger partial charge in [-0.1, -0.05) is 30.3 Å². The largest absolute Gasteiger partial charge is 0.396 e. The molecule has 0 unspecified atom stereocenters. The molecule has 0 saturated heterocycles. The summed E-state index contributed by atoms with van der Waals surface area (Å²) in [6.45, 7) is 0.898. The highest BCUT2D eigenvalue weighted by molar-refractivity contribution is 8.01. The molecule has 0 bridgehead atoms. The van der Waals surface area contributed by atoms with E-state index in [1.165, 1.54) is 11.3 Å². The normalized spacial score (nSPS) is 10.6. The Bertz CT molecular complexity index is 702. The Kier molecular flexibility index (Phi) is 5.61. The Morgan fingerprint density at radius 1 is 1.36 bits per heavy atom. The molecule has 2 N–H and O–H groups in total. The van der Waals surface area contributed by atoms with E-state index in [4.69, 9.17) is 5.73 Å². The van der Waals surface area contributed by atoms with Crippen molar-refractivity contribution < 1.29 is 4.79 Å². The molecule has 0 saturated carbocycles. The maximum absolute atomic E-state index is 12.5. The van der Waals surface area contributed by atoms with Crippen LogP contribution in [0.5, 0.6) is 0 Å². The number of nitriles is 1. The lowest BCUT2D eigenvalue weighted by atomic mass is 10.1. The van der Waals surface area contributed by atoms with E-state index >= 15 is 0 Å². The number of thioether (sulfide) groups is 1. The van der Waals surface area contributed by atoms with E-state index in [1.54, 1.807) is 23.9 Å². The van der Waals surface area contributed by atoms with Gasteiger partial charge in [0.1, 0.15) is 16.5 Å². The number of carbonyl (C=O) groups is 1. The lowest BCUT2D eigenvalue weighted by Gasteiger charge is -2.07. The van der Waals surface area contributed by atoms with Gasteiger partial charge in [-0.05, 0) is 14.1 Å². The summed E-state index contributed by atoms with van der Waals surface area (Å²) in [5, 5.41) is 9.32. The van der Waals surface area contributed by atoms with Crippen molar-refractivity contribution >= 4 is 34.6 Å². The van der Waals surface area contributed by atoms with Crippen LogP contribution in [0.3, 0.4) is 0 Å². The first-order valence-corrected chi connectivity index (χ1v) is 8.54. The number of rotatable bonds is 6. The molecule has 0 radical (unpaired) electrons. The van der Waals surface area contributed by atoms with E-state index in [0.717, 1.165) is 16.5 Å². The summed E-state index contributed by atoms with van der Waals surface area (Å²) in [6.07, 6.45) is 0. The summed E-state index contributed by atoms with van der Waals surface area (Å²) in [5.74, 6) is 0.722. The number of nitrogens with zero attached hydrogens (tertiary/aromatic N) is 2. The van der Waals surface area contributed by atoms with Gasteiger partial charge in [0.15, 0.2) is 0 Å². The highest BCUT2D eigenvalue weighted by Crippen LogP contribution is 2.38. The SMILES string of the molecule is CN(C)CCSc1sc(C(=O)c2ccccc2)c(N)c1C#N. The van der Waals surface area contributed by atoms with Gasteiger partial charge in [0.25, 0.3) is 0 Å². The summed E-state index contributed by atoms with van der Waals surface area (Å²) in [5.41, 5.74) is 7.34. The number of thiophene rings is 1. The number of carbonyl (C=O) groups excluding carboxylic acids is 1. The quantitative estimate of drug-likeness (QED) is 0.650. The van der Waals surface area contributed by atoms with E-state index in [9.17, 15) is 10.1 Å². The fourth-order valence-corrected chi connectivity index (χ4v) is 4.38. The second-order valence-electron chi connectivity index (χ2n) is 4.97. The molecule has 0 aliphatic rings. The molecule has 22 heavy (non-hydrogen) atoms. The molecule has 6 heteroatoms. The third kappa shape index (κ3) is 3.69. The van der Waals surface area contributed by atoms with Gasteiger partial charge < -0.3 is 10.6 Å². The Labute approximate surface area is 138 Å². The minimum Gasteiger partial charge on any atom is -0.396 e. The number of nitrogen functional groups attached to an aromatic ring is 1. The van der Waals surface area contributed by atoms with E-state index < -0.39 is 0 Å². The topological polar surface area (TPSA) is 70.1 Å². The van der Waals surface area contributed by atoms with Crippen LogP contribution >= 0.6 is 23.1 Å². The average Bonchev–Trinajstić information content (AvgIpc) is 2.83. The zero-order chi connectivity index (χ0) is 16.1. The number of anilines is 1. The minimum absolute atomic E-state index is 0.126. The van der Waals surface area contributed by atoms with Crippen molar-refractivity contribution in [1.29, 1.82) is 5.26 Å². The molecule has 2 aromatic rings. The zero-order valence-corrected chi connectivity index (χ0v) is 14.1. The van der Waals surface area contributed by atoms with Crippen molar-refractivity contribution in [2.24, 2.45) is 0 Å². The Morgan fingerprint density at radius 2 is 2.05 bits per heavy atom. The molecule has 1 aromatic carbocycles. The second kappa shape index (κ2) is 7.45. The van der Waals surface area contributed by atoms with Crippen molar-refractivity contribution in [2.45, 2.75) is 4.21 Å². The van der Waals surface area contributed by atoms with Crippen molar-refractivity contribution in [3.8, 4) is 6.07 Å². The first-order chi connectivity index (χ1) is 10.5. The number of ketones is 1. The van der Waals surface area contributed by atoms with Gasteiger partial charge >= 0.3 is 0 Å². The third-order valence-electron chi connectivity index (χ3n) is 3.04. The summed E-state index contributed by atoms with van der Waals surface area (Å²) >= 11 is 2.88. The average molecular weight is 331 g/mol. The molecular formula is C16H17N3OS2. The van der Waals surface area contributed by atoms with E-state index in [1.807, 2.05) is 32.3 Å². The number of benzene rings is 1. The van der Waals surface area contributed by atoms with E-state index in [-0.39, 0.29) is 5.78 Å². The maximum Gasteiger partial charge on any atom is 0.205 e. The monoisotopic (exact) mass is 331 g/mol. The molecule has 0 aliphatic carbocycles. The Balaban J connectivity index is 2.28. The number of hydrogen-bond acceptors (Lipinski definition) is 6. The van der Waals surface area contributed by atoms with Gasteiger partial charge in [0.05, 0.1) is 9.90 Å². The standard InChI is InChI=1S/C16H17N3OS2/c1-19(2)8-9-21-16-12(10-17)13(18)15(22-16)14(20)11-6-4-3-5-7-11/h3-7H,8-9,18H2,1-2H3. The predicted molar refractivity (Wildman–Crippen MR) is 92.6 cm³/mol. The first-order valence-electron chi connectivity index (χ1n) is 6.74. The van der Waals surface area contributed by atoms with Gasteiger partial charge in [0.2, 0.25) is 5.78 Å². The predicted octanol–water partition coefficient (Wildman–Crippen LogP) is 3.09. The molecule has 0 fully saturated rings. The molecule has 1 aromatic heterocycles. The molecule has 0 amide bonds. The van der Waals surface area contributed by atoms with Crippen LogP contribution in [0.1, 0.15) is 20.8 Å². The lowest BCUT2D eigenvalue weighted by Crippen LogP contribution is -2.14. The van der Waals surface area contributed by atoms with Crippen molar-refractivity contribution in [3.05, 3.63) is 46.3 Å². The Morgan fingerprint density at radius 3 is 2.64 bits per heavy atom. The van der Waals surface area contributed by atoms with Gasteiger partial charge in [0, 0.05) is 17.9 Å². The van der Waals surface area contributed by atoms with Gasteiger partial charge in [-0.2, -0.15) is 5.26 Å². The van der Waals surface area contributed by atoms with Crippen molar-refractivity contribution in [2.75, 3.05) is 32.1 Å². The van der Waals surface area contributed by atoms with E-state index in [0.29, 0.717) is 21.7 Å². The van der Waals surface area contributed by atoms with Crippen molar-refractivity contribution in [1.82, 2.24) is 4.90 Å². The van der Waals surface area contributed by atoms with Gasteiger partial charge in [-0.3, -0.25) is 4.79 Å². The molecule has 0 spiro atoms. The van der Waals surface area contributed by atoms with Crippen LogP contribution < -0.4 is 5.73 Å². The van der Waals surface area contributed by atoms with Crippen LogP contribution in [0, 0.1) is 11.3 Å². The molecule has 0 atom stereocenters. The summed E-state index contributed by atoms with van der Waals surface area (Å²) in [6, 6.07) is 11.1. The summed E-state index contributed by atoms with van der Waals surface area (Å²) in [7, 11) is 4.00. The third-order valence-corrected chi connectivity index (χ3v) is 5.49. The van der Waals surface area contributed by atoms with Crippen LogP contribution in [0.2, 0.25) is 0 Å². The number of hydrogen-bond donors (Lipinski definition) is 1. The summed E-state index contributed by atoms with van der Waals surface area (Å²) < 4.78 is 0.820. The Hall–Kier alpha value is -1.81. The molecular weight excluding hydrogens is 314 g/mol. The fourth-order valence-electron chi connectivity index (χ4n) is 1.84. The van der Waals surface area contributed by atoms with Crippen LogP contribution in [0.25, 0.3) is 0 Å². The number of nitrogens with two attached hydrogens (primary N) is 1. The van der Waals surface area contributed by atoms with Crippen molar-refractivity contribution in [3.63, 3.8) is 0 Å². The molecule has 4 nitrogen and oxygen atoms in total.